The van der Waals surface area contributed by atoms with Gasteiger partial charge in [0, 0.05) is 18.2 Å². The van der Waals surface area contributed by atoms with Crippen molar-refractivity contribution >= 4 is 10.9 Å². The number of benzene rings is 1. The fourth-order valence-corrected chi connectivity index (χ4v) is 2.26. The van der Waals surface area contributed by atoms with Gasteiger partial charge in [-0.3, -0.25) is 4.98 Å². The number of rotatable bonds is 7. The van der Waals surface area contributed by atoms with Gasteiger partial charge in [0.25, 0.3) is 0 Å². The summed E-state index contributed by atoms with van der Waals surface area (Å²) in [6.45, 7) is 6.66. The van der Waals surface area contributed by atoms with E-state index in [2.05, 4.69) is 48.4 Å². The third kappa shape index (κ3) is 3.52. The van der Waals surface area contributed by atoms with E-state index in [1.807, 2.05) is 12.3 Å². The van der Waals surface area contributed by atoms with E-state index in [0.717, 1.165) is 25.1 Å². The highest BCUT2D eigenvalue weighted by Crippen LogP contribution is 2.22. The summed E-state index contributed by atoms with van der Waals surface area (Å²) in [6.07, 6.45) is 2.90. The zero-order chi connectivity index (χ0) is 13.5. The fourth-order valence-electron chi connectivity index (χ4n) is 2.26. The lowest BCUT2D eigenvalue weighted by molar-refractivity contribution is 0.112. The summed E-state index contributed by atoms with van der Waals surface area (Å²) in [5.41, 5.74) is 2.28. The summed E-state index contributed by atoms with van der Waals surface area (Å²) in [6, 6.07) is 10.6. The third-order valence-electron chi connectivity index (χ3n) is 3.12. The van der Waals surface area contributed by atoms with Crippen molar-refractivity contribution in [3.63, 3.8) is 0 Å². The topological polar surface area (TPSA) is 34.1 Å². The quantitative estimate of drug-likeness (QED) is 0.774. The largest absolute Gasteiger partial charge is 0.379 e. The van der Waals surface area contributed by atoms with Crippen LogP contribution in [0.3, 0.4) is 0 Å². The maximum atomic E-state index is 5.71. The van der Waals surface area contributed by atoms with Gasteiger partial charge in [-0.2, -0.15) is 0 Å². The van der Waals surface area contributed by atoms with E-state index in [1.165, 1.54) is 10.9 Å². The van der Waals surface area contributed by atoms with Gasteiger partial charge in [-0.15, -0.1) is 0 Å². The predicted molar refractivity (Wildman–Crippen MR) is 79.3 cm³/mol. The van der Waals surface area contributed by atoms with E-state index in [-0.39, 0.29) is 6.04 Å². The number of hydrogen-bond acceptors (Lipinski definition) is 3. The molecule has 0 amide bonds. The number of likely N-dealkylation sites (N-methyl/N-ethyl adjacent to an activating group) is 1. The first-order valence-electron chi connectivity index (χ1n) is 7.01. The van der Waals surface area contributed by atoms with Gasteiger partial charge in [0.1, 0.15) is 0 Å². The maximum Gasteiger partial charge on any atom is 0.0750 e. The number of para-hydroxylation sites is 1. The van der Waals surface area contributed by atoms with Crippen LogP contribution >= 0.6 is 0 Å². The van der Waals surface area contributed by atoms with Crippen molar-refractivity contribution in [2.45, 2.75) is 26.3 Å². The molecular formula is C16H22N2O. The molecule has 2 rings (SSSR count). The SMILES string of the molecule is CCCOCC(NCC)c1cccc2cccnc12. The van der Waals surface area contributed by atoms with Crippen LogP contribution in [0, 0.1) is 0 Å². The molecule has 1 aromatic carbocycles. The third-order valence-corrected chi connectivity index (χ3v) is 3.12. The molecule has 1 N–H and O–H groups in total. The molecule has 0 aliphatic rings. The Bertz CT molecular complexity index is 508. The van der Waals surface area contributed by atoms with Crippen LogP contribution in [-0.2, 0) is 4.74 Å². The lowest BCUT2D eigenvalue weighted by Crippen LogP contribution is -2.26. The molecule has 0 fully saturated rings. The van der Waals surface area contributed by atoms with E-state index < -0.39 is 0 Å². The van der Waals surface area contributed by atoms with Gasteiger partial charge >= 0.3 is 0 Å². The van der Waals surface area contributed by atoms with Crippen molar-refractivity contribution in [1.29, 1.82) is 0 Å². The predicted octanol–water partition coefficient (Wildman–Crippen LogP) is 3.31. The molecule has 102 valence electrons. The van der Waals surface area contributed by atoms with Crippen LogP contribution in [0.25, 0.3) is 10.9 Å². The Morgan fingerprint density at radius 1 is 1.21 bits per heavy atom. The summed E-state index contributed by atoms with van der Waals surface area (Å²) in [5.74, 6) is 0. The average Bonchev–Trinajstić information content (AvgIpc) is 2.46. The van der Waals surface area contributed by atoms with Crippen molar-refractivity contribution in [1.82, 2.24) is 10.3 Å². The van der Waals surface area contributed by atoms with Crippen molar-refractivity contribution in [2.24, 2.45) is 0 Å². The van der Waals surface area contributed by atoms with Crippen LogP contribution in [-0.4, -0.2) is 24.7 Å². The highest BCUT2D eigenvalue weighted by atomic mass is 16.5. The maximum absolute atomic E-state index is 5.71. The molecule has 1 aromatic heterocycles. The van der Waals surface area contributed by atoms with Crippen LogP contribution in [0.5, 0.6) is 0 Å². The van der Waals surface area contributed by atoms with Crippen LogP contribution in [0.2, 0.25) is 0 Å². The highest BCUT2D eigenvalue weighted by molar-refractivity contribution is 5.82. The van der Waals surface area contributed by atoms with Gasteiger partial charge in [-0.25, -0.2) is 0 Å². The number of aromatic nitrogens is 1. The monoisotopic (exact) mass is 258 g/mol. The number of nitrogens with zero attached hydrogens (tertiary/aromatic N) is 1. The molecule has 2 aromatic rings. The first kappa shape index (κ1) is 14.0. The highest BCUT2D eigenvalue weighted by Gasteiger charge is 2.14. The molecule has 0 saturated heterocycles. The first-order chi connectivity index (χ1) is 9.36. The molecule has 0 bridgehead atoms. The van der Waals surface area contributed by atoms with E-state index in [9.17, 15) is 0 Å². The second-order valence-electron chi connectivity index (χ2n) is 4.61. The summed E-state index contributed by atoms with van der Waals surface area (Å²) < 4.78 is 5.71. The molecule has 0 aliphatic carbocycles. The molecule has 1 atom stereocenters. The standard InChI is InChI=1S/C16H22N2O/c1-3-11-19-12-15(17-4-2)14-9-5-7-13-8-6-10-18-16(13)14/h5-10,15,17H,3-4,11-12H2,1-2H3. The summed E-state index contributed by atoms with van der Waals surface area (Å²) in [4.78, 5) is 4.52. The second-order valence-corrected chi connectivity index (χ2v) is 4.61. The van der Waals surface area contributed by atoms with Gasteiger partial charge in [0.15, 0.2) is 0 Å². The van der Waals surface area contributed by atoms with E-state index in [4.69, 9.17) is 4.74 Å². The van der Waals surface area contributed by atoms with E-state index in [1.54, 1.807) is 0 Å². The lowest BCUT2D eigenvalue weighted by atomic mass is 10.0. The van der Waals surface area contributed by atoms with Crippen molar-refractivity contribution < 1.29 is 4.74 Å². The van der Waals surface area contributed by atoms with Crippen LogP contribution < -0.4 is 5.32 Å². The Labute approximate surface area is 115 Å². The van der Waals surface area contributed by atoms with E-state index in [0.29, 0.717) is 6.61 Å². The molecule has 0 aliphatic heterocycles. The van der Waals surface area contributed by atoms with Gasteiger partial charge in [-0.05, 0) is 24.6 Å². The Morgan fingerprint density at radius 2 is 2.05 bits per heavy atom. The first-order valence-corrected chi connectivity index (χ1v) is 7.01. The van der Waals surface area contributed by atoms with Crippen LogP contribution in [0.1, 0.15) is 31.9 Å². The average molecular weight is 258 g/mol. The fraction of sp³-hybridized carbons (Fsp3) is 0.438. The number of ether oxygens (including phenoxy) is 1. The molecule has 0 radical (unpaired) electrons. The van der Waals surface area contributed by atoms with E-state index >= 15 is 0 Å². The Morgan fingerprint density at radius 3 is 2.84 bits per heavy atom. The number of nitrogens with one attached hydrogen (secondary N) is 1. The Hall–Kier alpha value is -1.45. The van der Waals surface area contributed by atoms with Crippen LogP contribution in [0.15, 0.2) is 36.5 Å². The summed E-state index contributed by atoms with van der Waals surface area (Å²) in [7, 11) is 0. The zero-order valence-electron chi connectivity index (χ0n) is 11.7. The van der Waals surface area contributed by atoms with Gasteiger partial charge < -0.3 is 10.1 Å². The second kappa shape index (κ2) is 7.22. The minimum absolute atomic E-state index is 0.204. The number of hydrogen-bond donors (Lipinski definition) is 1. The smallest absolute Gasteiger partial charge is 0.0750 e. The van der Waals surface area contributed by atoms with Crippen molar-refractivity contribution in [2.75, 3.05) is 19.8 Å². The normalized spacial score (nSPS) is 12.7. The Balaban J connectivity index is 2.27. The van der Waals surface area contributed by atoms with Gasteiger partial charge in [0.2, 0.25) is 0 Å². The molecule has 0 saturated carbocycles. The Kier molecular flexibility index (Phi) is 5.31. The van der Waals surface area contributed by atoms with Crippen LogP contribution in [0.4, 0.5) is 0 Å². The zero-order valence-corrected chi connectivity index (χ0v) is 11.7. The molecule has 1 heterocycles. The molecule has 0 spiro atoms. The summed E-state index contributed by atoms with van der Waals surface area (Å²) in [5, 5.41) is 4.66. The number of pyridine rings is 1. The summed E-state index contributed by atoms with van der Waals surface area (Å²) >= 11 is 0. The van der Waals surface area contributed by atoms with Crippen molar-refractivity contribution in [3.05, 3.63) is 42.1 Å². The molecule has 3 nitrogen and oxygen atoms in total. The molecule has 3 heteroatoms. The minimum atomic E-state index is 0.204. The molecule has 19 heavy (non-hydrogen) atoms. The minimum Gasteiger partial charge on any atom is -0.379 e. The molecular weight excluding hydrogens is 236 g/mol. The van der Waals surface area contributed by atoms with Gasteiger partial charge in [-0.1, -0.05) is 38.1 Å². The lowest BCUT2D eigenvalue weighted by Gasteiger charge is -2.19. The number of fused-ring (bicyclic) bond motifs is 1. The molecule has 1 unspecified atom stereocenters. The van der Waals surface area contributed by atoms with Gasteiger partial charge in [0.05, 0.1) is 18.2 Å². The van der Waals surface area contributed by atoms with Crippen molar-refractivity contribution in [3.8, 4) is 0 Å².